The second-order valence-corrected chi connectivity index (χ2v) is 8.97. The number of hydrogen-bond donors (Lipinski definition) is 1. The Hall–Kier alpha value is -3.90. The van der Waals surface area contributed by atoms with E-state index in [-0.39, 0.29) is 11.5 Å². The fourth-order valence-corrected chi connectivity index (χ4v) is 4.70. The van der Waals surface area contributed by atoms with Crippen LogP contribution in [0.2, 0.25) is 0 Å². The number of nitrogens with zero attached hydrogens (tertiary/aromatic N) is 2. The van der Waals surface area contributed by atoms with E-state index >= 15 is 0 Å². The Balaban J connectivity index is 1.50. The number of hydrogen-bond acceptors (Lipinski definition) is 4. The second-order valence-electron chi connectivity index (χ2n) is 7.66. The van der Waals surface area contributed by atoms with E-state index in [2.05, 4.69) is 5.32 Å². The molecular weight excluding hydrogens is 430 g/mol. The number of fused-ring (bicyclic) bond motifs is 2. The number of thioether (sulfide) groups is 1. The molecule has 5 rings (SSSR count). The molecule has 5 nitrogen and oxygen atoms in total. The highest BCUT2D eigenvalue weighted by Crippen LogP contribution is 2.28. The van der Waals surface area contributed by atoms with Crippen LogP contribution in [0.1, 0.15) is 6.92 Å². The van der Waals surface area contributed by atoms with Gasteiger partial charge in [-0.3, -0.25) is 14.2 Å². The monoisotopic (exact) mass is 451 g/mol. The average molecular weight is 452 g/mol. The third-order valence-corrected chi connectivity index (χ3v) is 6.51. The van der Waals surface area contributed by atoms with Crippen molar-refractivity contribution >= 4 is 45.0 Å². The van der Waals surface area contributed by atoms with Gasteiger partial charge in [-0.25, -0.2) is 4.98 Å². The molecule has 0 saturated heterocycles. The molecule has 5 aromatic rings. The molecule has 1 amide bonds. The van der Waals surface area contributed by atoms with E-state index in [1.165, 1.54) is 11.8 Å². The van der Waals surface area contributed by atoms with Crippen LogP contribution in [-0.4, -0.2) is 20.7 Å². The van der Waals surface area contributed by atoms with Crippen molar-refractivity contribution in [3.8, 4) is 5.69 Å². The van der Waals surface area contributed by atoms with Crippen LogP contribution in [0.3, 0.4) is 0 Å². The largest absolute Gasteiger partial charge is 0.325 e. The summed E-state index contributed by atoms with van der Waals surface area (Å²) in [6, 6.07) is 30.4. The van der Waals surface area contributed by atoms with Gasteiger partial charge in [0.15, 0.2) is 5.16 Å². The molecule has 6 heteroatoms. The number of benzene rings is 4. The molecule has 0 spiro atoms. The molecule has 0 aliphatic carbocycles. The molecule has 0 aliphatic heterocycles. The maximum atomic E-state index is 13.3. The molecule has 0 saturated carbocycles. The minimum atomic E-state index is -0.480. The Kier molecular flexibility index (Phi) is 5.67. The number of carbonyl (C=O) groups excluding carboxylic acids is 1. The van der Waals surface area contributed by atoms with Crippen LogP contribution < -0.4 is 10.9 Å². The zero-order valence-electron chi connectivity index (χ0n) is 17.9. The number of aromatic nitrogens is 2. The molecule has 1 aromatic heterocycles. The van der Waals surface area contributed by atoms with E-state index in [0.29, 0.717) is 21.7 Å². The molecule has 0 bridgehead atoms. The Morgan fingerprint density at radius 3 is 2.33 bits per heavy atom. The van der Waals surface area contributed by atoms with E-state index in [9.17, 15) is 9.59 Å². The quantitative estimate of drug-likeness (QED) is 0.277. The van der Waals surface area contributed by atoms with Crippen molar-refractivity contribution in [2.75, 3.05) is 5.32 Å². The first-order chi connectivity index (χ1) is 16.1. The third-order valence-electron chi connectivity index (χ3n) is 5.46. The summed E-state index contributed by atoms with van der Waals surface area (Å²) in [7, 11) is 0. The fourth-order valence-electron chi connectivity index (χ4n) is 3.78. The number of para-hydroxylation sites is 2. The van der Waals surface area contributed by atoms with Gasteiger partial charge in [0.05, 0.1) is 21.8 Å². The summed E-state index contributed by atoms with van der Waals surface area (Å²) in [5, 5.41) is 5.62. The van der Waals surface area contributed by atoms with E-state index in [1.54, 1.807) is 10.6 Å². The molecule has 4 aromatic carbocycles. The summed E-state index contributed by atoms with van der Waals surface area (Å²) in [6.07, 6.45) is 0. The number of amides is 1. The van der Waals surface area contributed by atoms with Crippen LogP contribution in [0.25, 0.3) is 27.4 Å². The Morgan fingerprint density at radius 2 is 1.52 bits per heavy atom. The molecular formula is C27H21N3O2S. The van der Waals surface area contributed by atoms with Gasteiger partial charge in [-0.1, -0.05) is 78.5 Å². The van der Waals surface area contributed by atoms with Crippen molar-refractivity contribution in [2.24, 2.45) is 0 Å². The highest BCUT2D eigenvalue weighted by Gasteiger charge is 2.21. The molecule has 1 heterocycles. The van der Waals surface area contributed by atoms with Crippen molar-refractivity contribution in [2.45, 2.75) is 17.3 Å². The number of rotatable bonds is 5. The zero-order chi connectivity index (χ0) is 22.8. The summed E-state index contributed by atoms with van der Waals surface area (Å²) in [5.41, 5.74) is 1.93. The second kappa shape index (κ2) is 8.92. The van der Waals surface area contributed by atoms with Gasteiger partial charge in [-0.2, -0.15) is 0 Å². The molecule has 33 heavy (non-hydrogen) atoms. The molecule has 1 unspecified atom stereocenters. The Bertz CT molecular complexity index is 1520. The van der Waals surface area contributed by atoms with Gasteiger partial charge in [0.25, 0.3) is 5.56 Å². The predicted octanol–water partition coefficient (Wildman–Crippen LogP) is 5.66. The van der Waals surface area contributed by atoms with Gasteiger partial charge in [-0.05, 0) is 42.6 Å². The standard InChI is InChI=1S/C27H21N3O2S/c1-18(25(31)28-23-17-9-11-19-10-5-6-14-21(19)23)33-27-29-24-16-8-7-15-22(24)26(32)30(27)20-12-3-2-4-13-20/h2-18H,1H3,(H,28,31). The van der Waals surface area contributed by atoms with Crippen LogP contribution >= 0.6 is 11.8 Å². The van der Waals surface area contributed by atoms with Crippen molar-refractivity contribution in [3.05, 3.63) is 107 Å². The van der Waals surface area contributed by atoms with Crippen molar-refractivity contribution in [1.29, 1.82) is 0 Å². The highest BCUT2D eigenvalue weighted by atomic mass is 32.2. The van der Waals surface area contributed by atoms with Gasteiger partial charge < -0.3 is 5.32 Å². The third kappa shape index (κ3) is 4.13. The molecule has 0 fully saturated rings. The maximum absolute atomic E-state index is 13.3. The van der Waals surface area contributed by atoms with E-state index in [0.717, 1.165) is 16.5 Å². The molecule has 0 radical (unpaired) electrons. The topological polar surface area (TPSA) is 64.0 Å². The Morgan fingerprint density at radius 1 is 0.848 bits per heavy atom. The summed E-state index contributed by atoms with van der Waals surface area (Å²) in [5.74, 6) is -0.154. The smallest absolute Gasteiger partial charge is 0.266 e. The van der Waals surface area contributed by atoms with Crippen LogP contribution in [0.4, 0.5) is 5.69 Å². The summed E-state index contributed by atoms with van der Waals surface area (Å²) < 4.78 is 1.58. The lowest BCUT2D eigenvalue weighted by atomic mass is 10.1. The lowest BCUT2D eigenvalue weighted by Gasteiger charge is -2.17. The predicted molar refractivity (Wildman–Crippen MR) is 135 cm³/mol. The van der Waals surface area contributed by atoms with Crippen molar-refractivity contribution < 1.29 is 4.79 Å². The SMILES string of the molecule is CC(Sc1nc2ccccc2c(=O)n1-c1ccccc1)C(=O)Nc1cccc2ccccc12. The van der Waals surface area contributed by atoms with Crippen molar-refractivity contribution in [1.82, 2.24) is 9.55 Å². The molecule has 1 N–H and O–H groups in total. The number of carbonyl (C=O) groups is 1. The van der Waals surface area contributed by atoms with E-state index < -0.39 is 5.25 Å². The van der Waals surface area contributed by atoms with E-state index in [1.807, 2.05) is 97.9 Å². The van der Waals surface area contributed by atoms with Gasteiger partial charge >= 0.3 is 0 Å². The lowest BCUT2D eigenvalue weighted by molar-refractivity contribution is -0.115. The first-order valence-corrected chi connectivity index (χ1v) is 11.5. The number of nitrogens with one attached hydrogen (secondary N) is 1. The van der Waals surface area contributed by atoms with Gasteiger partial charge in [0.2, 0.25) is 5.91 Å². The van der Waals surface area contributed by atoms with Gasteiger partial charge in [0, 0.05) is 11.1 Å². The zero-order valence-corrected chi connectivity index (χ0v) is 18.8. The molecule has 0 aliphatic rings. The van der Waals surface area contributed by atoms with Crippen LogP contribution in [0, 0.1) is 0 Å². The summed E-state index contributed by atoms with van der Waals surface area (Å²) in [4.78, 5) is 31.2. The normalized spacial score (nSPS) is 12.0. The molecule has 162 valence electrons. The van der Waals surface area contributed by atoms with Crippen LogP contribution in [0.15, 0.2) is 107 Å². The number of anilines is 1. The average Bonchev–Trinajstić information content (AvgIpc) is 2.85. The summed E-state index contributed by atoms with van der Waals surface area (Å²) in [6.45, 7) is 1.82. The van der Waals surface area contributed by atoms with Gasteiger partial charge in [0.1, 0.15) is 0 Å². The van der Waals surface area contributed by atoms with Crippen molar-refractivity contribution in [3.63, 3.8) is 0 Å². The Labute approximate surface area is 195 Å². The maximum Gasteiger partial charge on any atom is 0.266 e. The fraction of sp³-hybridized carbons (Fsp3) is 0.0741. The van der Waals surface area contributed by atoms with Crippen LogP contribution in [0.5, 0.6) is 0 Å². The van der Waals surface area contributed by atoms with Crippen LogP contribution in [-0.2, 0) is 4.79 Å². The lowest BCUT2D eigenvalue weighted by Crippen LogP contribution is -2.26. The minimum Gasteiger partial charge on any atom is -0.325 e. The minimum absolute atomic E-state index is 0.154. The van der Waals surface area contributed by atoms with Gasteiger partial charge in [-0.15, -0.1) is 0 Å². The highest BCUT2D eigenvalue weighted by molar-refractivity contribution is 8.00. The van der Waals surface area contributed by atoms with E-state index in [4.69, 9.17) is 4.98 Å². The first kappa shape index (κ1) is 21.0. The first-order valence-electron chi connectivity index (χ1n) is 10.6. The molecule has 1 atom stereocenters. The summed E-state index contributed by atoms with van der Waals surface area (Å²) >= 11 is 1.27.